The monoisotopic (exact) mass is 278 g/mol. The van der Waals surface area contributed by atoms with Gasteiger partial charge in [0.15, 0.2) is 0 Å². The van der Waals surface area contributed by atoms with Crippen LogP contribution in [0.4, 0.5) is 0 Å². The van der Waals surface area contributed by atoms with E-state index in [1.165, 1.54) is 0 Å². The van der Waals surface area contributed by atoms with E-state index in [9.17, 15) is 9.90 Å². The molecule has 1 rings (SSSR count). The summed E-state index contributed by atoms with van der Waals surface area (Å²) in [6.45, 7) is 2.99. The van der Waals surface area contributed by atoms with Crippen LogP contribution in [-0.2, 0) is 4.79 Å². The molecule has 1 aromatic carbocycles. The fourth-order valence-corrected chi connectivity index (χ4v) is 1.99. The van der Waals surface area contributed by atoms with Crippen LogP contribution < -0.4 is 11.1 Å². The molecule has 1 atom stereocenters. The topological polar surface area (TPSA) is 75.3 Å². The van der Waals surface area contributed by atoms with E-state index in [-0.39, 0.29) is 12.5 Å². The summed E-state index contributed by atoms with van der Waals surface area (Å²) in [7, 11) is 0. The lowest BCUT2D eigenvalue weighted by Gasteiger charge is -2.12. The highest BCUT2D eigenvalue weighted by molar-refractivity contribution is 5.75. The van der Waals surface area contributed by atoms with Crippen molar-refractivity contribution in [1.29, 1.82) is 0 Å². The van der Waals surface area contributed by atoms with Crippen LogP contribution in [0.2, 0.25) is 0 Å². The summed E-state index contributed by atoms with van der Waals surface area (Å²) in [6, 6.07) is 7.69. The van der Waals surface area contributed by atoms with Crippen molar-refractivity contribution >= 4 is 5.91 Å². The first-order valence-electron chi connectivity index (χ1n) is 7.35. The van der Waals surface area contributed by atoms with Gasteiger partial charge in [0.1, 0.15) is 0 Å². The van der Waals surface area contributed by atoms with Crippen molar-refractivity contribution in [3.05, 3.63) is 35.4 Å². The molecule has 1 unspecified atom stereocenters. The number of aryl methyl sites for hydroxylation is 1. The molecule has 0 spiro atoms. The molecule has 0 aliphatic carbocycles. The van der Waals surface area contributed by atoms with Crippen LogP contribution in [0.3, 0.4) is 0 Å². The number of amides is 1. The van der Waals surface area contributed by atoms with Crippen LogP contribution in [0, 0.1) is 6.92 Å². The summed E-state index contributed by atoms with van der Waals surface area (Å²) in [5, 5.41) is 12.7. The molecule has 112 valence electrons. The average Bonchev–Trinajstić information content (AvgIpc) is 2.45. The first-order chi connectivity index (χ1) is 9.63. The van der Waals surface area contributed by atoms with E-state index >= 15 is 0 Å². The van der Waals surface area contributed by atoms with Gasteiger partial charge < -0.3 is 16.2 Å². The van der Waals surface area contributed by atoms with Crippen molar-refractivity contribution in [2.75, 3.05) is 13.1 Å². The Morgan fingerprint density at radius 1 is 1.20 bits per heavy atom. The Morgan fingerprint density at radius 2 is 1.85 bits per heavy atom. The number of aliphatic hydroxyl groups excluding tert-OH is 1. The third-order valence-corrected chi connectivity index (χ3v) is 3.31. The number of carbonyl (C=O) groups excluding carboxylic acids is 1. The van der Waals surface area contributed by atoms with Gasteiger partial charge >= 0.3 is 0 Å². The van der Waals surface area contributed by atoms with Gasteiger partial charge in [-0.05, 0) is 31.9 Å². The quantitative estimate of drug-likeness (QED) is 0.605. The van der Waals surface area contributed by atoms with Gasteiger partial charge in [0.2, 0.25) is 5.91 Å². The third kappa shape index (κ3) is 6.68. The lowest BCUT2D eigenvalue weighted by Crippen LogP contribution is -2.28. The molecule has 0 aliphatic rings. The molecular weight excluding hydrogens is 252 g/mol. The van der Waals surface area contributed by atoms with Gasteiger partial charge in [-0.25, -0.2) is 0 Å². The second kappa shape index (κ2) is 9.50. The van der Waals surface area contributed by atoms with E-state index in [1.807, 2.05) is 31.2 Å². The largest absolute Gasteiger partial charge is 0.387 e. The van der Waals surface area contributed by atoms with Crippen molar-refractivity contribution in [3.63, 3.8) is 0 Å². The molecule has 20 heavy (non-hydrogen) atoms. The number of benzene rings is 1. The molecule has 4 nitrogen and oxygen atoms in total. The number of nitrogens with one attached hydrogen (secondary N) is 1. The van der Waals surface area contributed by atoms with E-state index < -0.39 is 6.10 Å². The van der Waals surface area contributed by atoms with Crippen molar-refractivity contribution < 1.29 is 9.90 Å². The minimum absolute atomic E-state index is 0.00362. The highest BCUT2D eigenvalue weighted by Gasteiger charge is 2.09. The third-order valence-electron chi connectivity index (χ3n) is 3.31. The zero-order chi connectivity index (χ0) is 14.8. The Balaban J connectivity index is 2.18. The first-order valence-corrected chi connectivity index (χ1v) is 7.35. The Bertz CT molecular complexity index is 390. The maximum Gasteiger partial charge on any atom is 0.220 e. The highest BCUT2D eigenvalue weighted by atomic mass is 16.3. The van der Waals surface area contributed by atoms with Crippen LogP contribution >= 0.6 is 0 Å². The second-order valence-corrected chi connectivity index (χ2v) is 5.18. The maximum absolute atomic E-state index is 11.6. The molecule has 1 amide bonds. The number of unbranched alkanes of at least 4 members (excludes halogenated alkanes) is 3. The molecule has 0 saturated heterocycles. The Labute approximate surface area is 121 Å². The van der Waals surface area contributed by atoms with Crippen molar-refractivity contribution in [2.45, 2.75) is 45.1 Å². The van der Waals surface area contributed by atoms with Gasteiger partial charge in [0.25, 0.3) is 0 Å². The molecule has 0 radical (unpaired) electrons. The van der Waals surface area contributed by atoms with E-state index in [4.69, 9.17) is 5.73 Å². The predicted octanol–water partition coefficient (Wildman–Crippen LogP) is 2.05. The standard InChI is InChI=1S/C16H26N2O2/c1-13-7-9-14(10-8-13)15(19)12-18-16(20)6-4-2-3-5-11-17/h7-10,15,19H,2-6,11-12,17H2,1H3,(H,18,20). The number of aliphatic hydroxyl groups is 1. The number of rotatable bonds is 9. The van der Waals surface area contributed by atoms with Crippen LogP contribution in [0.25, 0.3) is 0 Å². The van der Waals surface area contributed by atoms with Crippen molar-refractivity contribution in [3.8, 4) is 0 Å². The molecule has 1 aromatic rings. The number of hydrogen-bond acceptors (Lipinski definition) is 3. The molecule has 0 heterocycles. The van der Waals surface area contributed by atoms with E-state index in [0.717, 1.165) is 43.4 Å². The Kier molecular flexibility index (Phi) is 7.92. The molecule has 0 bridgehead atoms. The molecule has 0 aliphatic heterocycles. The molecule has 0 fully saturated rings. The van der Waals surface area contributed by atoms with Gasteiger partial charge in [0, 0.05) is 13.0 Å². The fraction of sp³-hybridized carbons (Fsp3) is 0.562. The normalized spacial score (nSPS) is 12.2. The SMILES string of the molecule is Cc1ccc(C(O)CNC(=O)CCCCCCN)cc1. The average molecular weight is 278 g/mol. The van der Waals surface area contributed by atoms with Gasteiger partial charge in [0.05, 0.1) is 6.10 Å². The minimum Gasteiger partial charge on any atom is -0.387 e. The molecule has 4 N–H and O–H groups in total. The van der Waals surface area contributed by atoms with Crippen LogP contribution in [-0.4, -0.2) is 24.1 Å². The number of carbonyl (C=O) groups is 1. The first kappa shape index (κ1) is 16.7. The van der Waals surface area contributed by atoms with Crippen molar-refractivity contribution in [1.82, 2.24) is 5.32 Å². The summed E-state index contributed by atoms with van der Waals surface area (Å²) in [6.07, 6.45) is 3.89. The summed E-state index contributed by atoms with van der Waals surface area (Å²) < 4.78 is 0. The van der Waals surface area contributed by atoms with Gasteiger partial charge in [-0.1, -0.05) is 42.7 Å². The number of nitrogens with two attached hydrogens (primary N) is 1. The number of hydrogen-bond donors (Lipinski definition) is 3. The molecule has 0 aromatic heterocycles. The lowest BCUT2D eigenvalue weighted by molar-refractivity contribution is -0.121. The Hall–Kier alpha value is -1.39. The van der Waals surface area contributed by atoms with E-state index in [2.05, 4.69) is 5.32 Å². The maximum atomic E-state index is 11.6. The van der Waals surface area contributed by atoms with Crippen LogP contribution in [0.15, 0.2) is 24.3 Å². The fourth-order valence-electron chi connectivity index (χ4n) is 1.99. The lowest BCUT2D eigenvalue weighted by atomic mass is 10.1. The summed E-state index contributed by atoms with van der Waals surface area (Å²) >= 11 is 0. The van der Waals surface area contributed by atoms with Gasteiger partial charge in [-0.2, -0.15) is 0 Å². The smallest absolute Gasteiger partial charge is 0.220 e. The van der Waals surface area contributed by atoms with Crippen LogP contribution in [0.5, 0.6) is 0 Å². The van der Waals surface area contributed by atoms with Gasteiger partial charge in [-0.3, -0.25) is 4.79 Å². The zero-order valence-electron chi connectivity index (χ0n) is 12.3. The van der Waals surface area contributed by atoms with Gasteiger partial charge in [-0.15, -0.1) is 0 Å². The van der Waals surface area contributed by atoms with E-state index in [0.29, 0.717) is 6.42 Å². The van der Waals surface area contributed by atoms with E-state index in [1.54, 1.807) is 0 Å². The Morgan fingerprint density at radius 3 is 2.50 bits per heavy atom. The van der Waals surface area contributed by atoms with Crippen LogP contribution in [0.1, 0.15) is 49.3 Å². The summed E-state index contributed by atoms with van der Waals surface area (Å²) in [4.78, 5) is 11.6. The highest BCUT2D eigenvalue weighted by Crippen LogP contribution is 2.12. The zero-order valence-corrected chi connectivity index (χ0v) is 12.3. The summed E-state index contributed by atoms with van der Waals surface area (Å²) in [5.41, 5.74) is 7.40. The molecule has 0 saturated carbocycles. The van der Waals surface area contributed by atoms with Crippen molar-refractivity contribution in [2.24, 2.45) is 5.73 Å². The molecular formula is C16H26N2O2. The summed E-state index contributed by atoms with van der Waals surface area (Å²) in [5.74, 6) is 0.00362. The predicted molar refractivity (Wildman–Crippen MR) is 81.3 cm³/mol. The minimum atomic E-state index is -0.642. The second-order valence-electron chi connectivity index (χ2n) is 5.18. The molecule has 4 heteroatoms.